The van der Waals surface area contributed by atoms with Gasteiger partial charge in [0.2, 0.25) is 5.95 Å². The first kappa shape index (κ1) is 21.7. The molecule has 0 unspecified atom stereocenters. The lowest BCUT2D eigenvalue weighted by molar-refractivity contribution is 0.173. The van der Waals surface area contributed by atoms with E-state index in [-0.39, 0.29) is 6.04 Å². The minimum absolute atomic E-state index is 0.141. The molecule has 5 heterocycles. The van der Waals surface area contributed by atoms with Gasteiger partial charge in [0, 0.05) is 69.5 Å². The Labute approximate surface area is 198 Å². The maximum absolute atomic E-state index is 5.49. The van der Waals surface area contributed by atoms with Crippen LogP contribution < -0.4 is 9.80 Å². The Morgan fingerprint density at radius 1 is 0.912 bits per heavy atom. The minimum atomic E-state index is 0.141. The summed E-state index contributed by atoms with van der Waals surface area (Å²) in [7, 11) is 1.73. The van der Waals surface area contributed by atoms with Gasteiger partial charge in [-0.15, -0.1) is 0 Å². The van der Waals surface area contributed by atoms with Crippen molar-refractivity contribution in [2.75, 3.05) is 43.2 Å². The van der Waals surface area contributed by atoms with Crippen LogP contribution in [0.25, 0.3) is 18.0 Å². The van der Waals surface area contributed by atoms with Crippen molar-refractivity contribution in [3.63, 3.8) is 0 Å². The maximum Gasteiger partial charge on any atom is 0.225 e. The normalized spacial score (nSPS) is 16.3. The van der Waals surface area contributed by atoms with Crippen LogP contribution in [-0.4, -0.2) is 68.9 Å². The van der Waals surface area contributed by atoms with Gasteiger partial charge in [0.25, 0.3) is 0 Å². The average molecular weight is 455 g/mol. The van der Waals surface area contributed by atoms with E-state index >= 15 is 0 Å². The predicted molar refractivity (Wildman–Crippen MR) is 132 cm³/mol. The fraction of sp³-hybridized carbons (Fsp3) is 0.240. The van der Waals surface area contributed by atoms with Crippen LogP contribution in [-0.2, 0) is 4.74 Å². The van der Waals surface area contributed by atoms with E-state index in [1.165, 1.54) is 0 Å². The highest BCUT2D eigenvalue weighted by Crippen LogP contribution is 2.21. The number of aromatic nitrogens is 6. The van der Waals surface area contributed by atoms with Gasteiger partial charge in [-0.05, 0) is 29.8 Å². The first-order chi connectivity index (χ1) is 16.8. The summed E-state index contributed by atoms with van der Waals surface area (Å²) >= 11 is 0. The van der Waals surface area contributed by atoms with Crippen LogP contribution >= 0.6 is 0 Å². The van der Waals surface area contributed by atoms with Gasteiger partial charge in [0.05, 0.1) is 12.6 Å². The quantitative estimate of drug-likeness (QED) is 0.421. The van der Waals surface area contributed by atoms with Crippen molar-refractivity contribution in [2.24, 2.45) is 0 Å². The summed E-state index contributed by atoms with van der Waals surface area (Å²) in [6.07, 6.45) is 16.7. The van der Waals surface area contributed by atoms with E-state index in [2.05, 4.69) is 34.7 Å². The van der Waals surface area contributed by atoms with Crippen molar-refractivity contribution in [1.82, 2.24) is 29.5 Å². The van der Waals surface area contributed by atoms with E-state index in [1.54, 1.807) is 19.6 Å². The van der Waals surface area contributed by atoms with Crippen LogP contribution in [0.15, 0.2) is 73.8 Å². The molecule has 1 atom stereocenters. The molecule has 0 spiro atoms. The standard InChI is InChI=1S/C25H26N8O/c1-34-18-22-17-31(23-4-2-3-9-27-23)12-13-33(22)25-29-15-21(16-30-25)6-5-20-7-8-24(28-14-20)32-11-10-26-19-32/h2-11,14-16,19,22H,12-13,17-18H2,1H3/b6-5+/t22-/m1/s1. The van der Waals surface area contributed by atoms with Crippen LogP contribution in [0.4, 0.5) is 11.8 Å². The zero-order valence-corrected chi connectivity index (χ0v) is 19.0. The van der Waals surface area contributed by atoms with E-state index in [9.17, 15) is 0 Å². The number of pyridine rings is 2. The lowest BCUT2D eigenvalue weighted by atomic mass is 10.2. The number of methoxy groups -OCH3 is 1. The molecule has 0 aliphatic carbocycles. The second-order valence-corrected chi connectivity index (χ2v) is 8.01. The summed E-state index contributed by atoms with van der Waals surface area (Å²) in [5, 5.41) is 0. The van der Waals surface area contributed by atoms with Gasteiger partial charge in [-0.3, -0.25) is 4.57 Å². The molecule has 0 aromatic carbocycles. The number of imidazole rings is 1. The molecule has 1 aliphatic rings. The van der Waals surface area contributed by atoms with Gasteiger partial charge >= 0.3 is 0 Å². The molecule has 4 aromatic heterocycles. The molecule has 1 saturated heterocycles. The average Bonchev–Trinajstić information content (AvgIpc) is 3.44. The van der Waals surface area contributed by atoms with Gasteiger partial charge in [-0.2, -0.15) is 0 Å². The third-order valence-electron chi connectivity index (χ3n) is 5.74. The van der Waals surface area contributed by atoms with E-state index < -0.39 is 0 Å². The summed E-state index contributed by atoms with van der Waals surface area (Å²) in [6, 6.07) is 10.1. The Kier molecular flexibility index (Phi) is 6.53. The molecule has 0 saturated carbocycles. The number of nitrogens with zero attached hydrogens (tertiary/aromatic N) is 8. The van der Waals surface area contributed by atoms with Crippen molar-refractivity contribution >= 4 is 23.9 Å². The second-order valence-electron chi connectivity index (χ2n) is 8.01. The molecule has 0 radical (unpaired) electrons. The molecular weight excluding hydrogens is 428 g/mol. The Bertz CT molecular complexity index is 1190. The molecule has 4 aromatic rings. The summed E-state index contributed by atoms with van der Waals surface area (Å²) in [5.74, 6) is 2.53. The van der Waals surface area contributed by atoms with Crippen LogP contribution in [0.3, 0.4) is 0 Å². The molecule has 1 aliphatic heterocycles. The SMILES string of the molecule is COC[C@H]1CN(c2ccccn2)CCN1c1ncc(/C=C/c2ccc(-n3ccnc3)nc2)cn1. The van der Waals surface area contributed by atoms with E-state index in [1.807, 2.05) is 78.0 Å². The molecule has 5 rings (SSSR count). The van der Waals surface area contributed by atoms with E-state index in [0.29, 0.717) is 12.6 Å². The van der Waals surface area contributed by atoms with Crippen LogP contribution in [0, 0.1) is 0 Å². The summed E-state index contributed by atoms with van der Waals surface area (Å²) in [5.41, 5.74) is 1.93. The number of rotatable bonds is 7. The smallest absolute Gasteiger partial charge is 0.225 e. The zero-order valence-electron chi connectivity index (χ0n) is 19.0. The van der Waals surface area contributed by atoms with Gasteiger partial charge in [0.1, 0.15) is 18.0 Å². The molecule has 34 heavy (non-hydrogen) atoms. The Balaban J connectivity index is 1.25. The van der Waals surface area contributed by atoms with Crippen molar-refractivity contribution < 1.29 is 4.74 Å². The van der Waals surface area contributed by atoms with E-state index in [0.717, 1.165) is 42.4 Å². The first-order valence-electron chi connectivity index (χ1n) is 11.2. The highest BCUT2D eigenvalue weighted by Gasteiger charge is 2.29. The molecule has 172 valence electrons. The Morgan fingerprint density at radius 3 is 2.47 bits per heavy atom. The zero-order chi connectivity index (χ0) is 23.2. The van der Waals surface area contributed by atoms with Crippen LogP contribution in [0.1, 0.15) is 11.1 Å². The highest BCUT2D eigenvalue weighted by atomic mass is 16.5. The summed E-state index contributed by atoms with van der Waals surface area (Å²) < 4.78 is 7.36. The molecule has 9 heteroatoms. The summed E-state index contributed by atoms with van der Waals surface area (Å²) in [4.78, 5) is 26.8. The molecule has 0 amide bonds. The molecular formula is C25H26N8O. The van der Waals surface area contributed by atoms with Gasteiger partial charge < -0.3 is 14.5 Å². The van der Waals surface area contributed by atoms with Gasteiger partial charge in [0.15, 0.2) is 0 Å². The van der Waals surface area contributed by atoms with Crippen molar-refractivity contribution in [2.45, 2.75) is 6.04 Å². The topological polar surface area (TPSA) is 85.1 Å². The fourth-order valence-corrected chi connectivity index (χ4v) is 4.00. The highest BCUT2D eigenvalue weighted by molar-refractivity contribution is 5.68. The number of hydrogen-bond donors (Lipinski definition) is 0. The Hall–Kier alpha value is -4.11. The fourth-order valence-electron chi connectivity index (χ4n) is 4.00. The number of anilines is 2. The van der Waals surface area contributed by atoms with Crippen molar-refractivity contribution in [3.05, 3.63) is 85.0 Å². The minimum Gasteiger partial charge on any atom is -0.382 e. The predicted octanol–water partition coefficient (Wildman–Crippen LogP) is 2.96. The molecule has 9 nitrogen and oxygen atoms in total. The largest absolute Gasteiger partial charge is 0.382 e. The third kappa shape index (κ3) is 4.94. The molecule has 1 fully saturated rings. The van der Waals surface area contributed by atoms with Crippen molar-refractivity contribution in [1.29, 1.82) is 0 Å². The Morgan fingerprint density at radius 2 is 1.76 bits per heavy atom. The van der Waals surface area contributed by atoms with Crippen LogP contribution in [0.5, 0.6) is 0 Å². The maximum atomic E-state index is 5.49. The number of piperazine rings is 1. The lowest BCUT2D eigenvalue weighted by Gasteiger charge is -2.41. The lowest BCUT2D eigenvalue weighted by Crippen LogP contribution is -2.56. The second kappa shape index (κ2) is 10.2. The number of hydrogen-bond acceptors (Lipinski definition) is 8. The van der Waals surface area contributed by atoms with Gasteiger partial charge in [-0.1, -0.05) is 18.2 Å². The van der Waals surface area contributed by atoms with Crippen LogP contribution in [0.2, 0.25) is 0 Å². The number of ether oxygens (including phenoxy) is 1. The summed E-state index contributed by atoms with van der Waals surface area (Å²) in [6.45, 7) is 3.05. The monoisotopic (exact) mass is 454 g/mol. The first-order valence-corrected chi connectivity index (χ1v) is 11.2. The van der Waals surface area contributed by atoms with E-state index in [4.69, 9.17) is 4.74 Å². The molecule has 0 bridgehead atoms. The van der Waals surface area contributed by atoms with Gasteiger partial charge in [-0.25, -0.2) is 24.9 Å². The molecule has 0 N–H and O–H groups in total. The van der Waals surface area contributed by atoms with Crippen molar-refractivity contribution in [3.8, 4) is 5.82 Å². The third-order valence-corrected chi connectivity index (χ3v) is 5.74.